The first kappa shape index (κ1) is 22.4. The first-order chi connectivity index (χ1) is 16.3. The summed E-state index contributed by atoms with van der Waals surface area (Å²) in [5.41, 5.74) is 3.36. The molecule has 3 heterocycles. The molecule has 8 nitrogen and oxygen atoms in total. The monoisotopic (exact) mass is 461 g/mol. The predicted molar refractivity (Wildman–Crippen MR) is 130 cm³/mol. The van der Waals surface area contributed by atoms with Crippen LogP contribution in [0.3, 0.4) is 0 Å². The fourth-order valence-electron chi connectivity index (χ4n) is 4.27. The molecule has 34 heavy (non-hydrogen) atoms. The van der Waals surface area contributed by atoms with Crippen molar-refractivity contribution in [1.82, 2.24) is 19.5 Å². The Hall–Kier alpha value is -3.42. The number of ether oxygens (including phenoxy) is 1. The predicted octanol–water partition coefficient (Wildman–Crippen LogP) is 3.98. The quantitative estimate of drug-likeness (QED) is 0.572. The molecule has 0 spiro atoms. The van der Waals surface area contributed by atoms with Crippen LogP contribution >= 0.6 is 0 Å². The summed E-state index contributed by atoms with van der Waals surface area (Å²) >= 11 is 0. The van der Waals surface area contributed by atoms with Gasteiger partial charge in [0.2, 0.25) is 0 Å². The molecule has 0 atom stereocenters. The number of nitrogens with zero attached hydrogens (tertiary/aromatic N) is 5. The minimum Gasteiger partial charge on any atom is -0.444 e. The van der Waals surface area contributed by atoms with Crippen molar-refractivity contribution in [3.63, 3.8) is 0 Å². The van der Waals surface area contributed by atoms with Gasteiger partial charge in [0.25, 0.3) is 0 Å². The zero-order valence-corrected chi connectivity index (χ0v) is 20.0. The van der Waals surface area contributed by atoms with Gasteiger partial charge in [0.1, 0.15) is 11.4 Å². The van der Waals surface area contributed by atoms with Gasteiger partial charge in [0.05, 0.1) is 12.1 Å². The van der Waals surface area contributed by atoms with E-state index in [0.717, 1.165) is 48.5 Å². The van der Waals surface area contributed by atoms with E-state index < -0.39 is 5.60 Å². The van der Waals surface area contributed by atoms with Crippen molar-refractivity contribution in [3.05, 3.63) is 48.3 Å². The Bertz CT molecular complexity index is 1200. The van der Waals surface area contributed by atoms with Crippen LogP contribution in [0.1, 0.15) is 39.4 Å². The van der Waals surface area contributed by atoms with E-state index in [0.29, 0.717) is 25.3 Å². The van der Waals surface area contributed by atoms with Crippen LogP contribution in [0.2, 0.25) is 0 Å². The van der Waals surface area contributed by atoms with Crippen LogP contribution in [0.4, 0.5) is 10.5 Å². The third-order valence-electron chi connectivity index (χ3n) is 6.23. The lowest BCUT2D eigenvalue weighted by atomic mass is 10.1. The lowest BCUT2D eigenvalue weighted by Crippen LogP contribution is -2.50. The number of benzene rings is 1. The number of carbonyl (C=O) groups is 2. The largest absolute Gasteiger partial charge is 0.444 e. The lowest BCUT2D eigenvalue weighted by Gasteiger charge is -2.36. The normalized spacial score (nSPS) is 16.7. The van der Waals surface area contributed by atoms with E-state index in [-0.39, 0.29) is 17.8 Å². The highest BCUT2D eigenvalue weighted by Crippen LogP contribution is 2.31. The second kappa shape index (κ2) is 8.74. The first-order valence-electron chi connectivity index (χ1n) is 12.0. The van der Waals surface area contributed by atoms with Gasteiger partial charge >= 0.3 is 6.09 Å². The molecule has 8 heteroatoms. The topological polar surface area (TPSA) is 80.0 Å². The van der Waals surface area contributed by atoms with Crippen LogP contribution in [0, 0.1) is 5.92 Å². The van der Waals surface area contributed by atoms with Gasteiger partial charge in [-0.1, -0.05) is 18.2 Å². The SMILES string of the molecule is CC(C)(C)OC(=O)N1CCN(c2ccc(-c3cccc4nc(CC(=O)C5CC5)nn34)cc2)CC1. The summed E-state index contributed by atoms with van der Waals surface area (Å²) in [4.78, 5) is 33.1. The van der Waals surface area contributed by atoms with Crippen LogP contribution < -0.4 is 4.90 Å². The number of fused-ring (bicyclic) bond motifs is 1. The van der Waals surface area contributed by atoms with E-state index in [1.165, 1.54) is 0 Å². The number of aromatic nitrogens is 3. The highest BCUT2D eigenvalue weighted by atomic mass is 16.6. The van der Waals surface area contributed by atoms with Gasteiger partial charge < -0.3 is 14.5 Å². The van der Waals surface area contributed by atoms with E-state index in [2.05, 4.69) is 39.2 Å². The number of carbonyl (C=O) groups excluding carboxylic acids is 2. The molecule has 1 aromatic carbocycles. The number of piperazine rings is 1. The molecule has 1 amide bonds. The van der Waals surface area contributed by atoms with Gasteiger partial charge in [-0.15, -0.1) is 0 Å². The number of ketones is 1. The molecular weight excluding hydrogens is 430 g/mol. The van der Waals surface area contributed by atoms with Crippen LogP contribution in [-0.4, -0.2) is 63.2 Å². The van der Waals surface area contributed by atoms with Crippen molar-refractivity contribution in [2.24, 2.45) is 5.92 Å². The van der Waals surface area contributed by atoms with Crippen LogP contribution in [0.25, 0.3) is 16.9 Å². The molecule has 178 valence electrons. The summed E-state index contributed by atoms with van der Waals surface area (Å²) in [7, 11) is 0. The molecule has 1 saturated carbocycles. The van der Waals surface area contributed by atoms with Gasteiger partial charge in [-0.2, -0.15) is 5.10 Å². The molecular formula is C26H31N5O3. The summed E-state index contributed by atoms with van der Waals surface area (Å²) in [5.74, 6) is 1.04. The fraction of sp³-hybridized carbons (Fsp3) is 0.462. The van der Waals surface area contributed by atoms with E-state index >= 15 is 0 Å². The maximum Gasteiger partial charge on any atom is 0.410 e. The van der Waals surface area contributed by atoms with Crippen LogP contribution in [0.5, 0.6) is 0 Å². The average molecular weight is 462 g/mol. The number of hydrogen-bond acceptors (Lipinski definition) is 6. The second-order valence-electron chi connectivity index (χ2n) is 10.1. The number of anilines is 1. The van der Waals surface area contributed by atoms with Gasteiger partial charge in [-0.3, -0.25) is 4.79 Å². The Morgan fingerprint density at radius 3 is 2.35 bits per heavy atom. The van der Waals surface area contributed by atoms with E-state index in [1.807, 2.05) is 43.5 Å². The lowest BCUT2D eigenvalue weighted by molar-refractivity contribution is -0.119. The van der Waals surface area contributed by atoms with Crippen molar-refractivity contribution in [2.75, 3.05) is 31.1 Å². The Morgan fingerprint density at radius 2 is 1.71 bits per heavy atom. The molecule has 2 aliphatic rings. The Kier molecular flexibility index (Phi) is 5.75. The van der Waals surface area contributed by atoms with Crippen molar-refractivity contribution >= 4 is 23.2 Å². The number of rotatable bonds is 5. The summed E-state index contributed by atoms with van der Waals surface area (Å²) in [6, 6.07) is 14.3. The maximum absolute atomic E-state index is 12.3. The van der Waals surface area contributed by atoms with E-state index in [4.69, 9.17) is 4.74 Å². The summed E-state index contributed by atoms with van der Waals surface area (Å²) in [6.07, 6.45) is 2.06. The average Bonchev–Trinajstić information content (AvgIpc) is 3.58. The molecule has 1 saturated heterocycles. The summed E-state index contributed by atoms with van der Waals surface area (Å²) in [6.45, 7) is 8.45. The molecule has 3 aromatic rings. The Morgan fingerprint density at radius 1 is 1.00 bits per heavy atom. The van der Waals surface area contributed by atoms with Gasteiger partial charge in [0.15, 0.2) is 11.5 Å². The molecule has 0 bridgehead atoms. The second-order valence-corrected chi connectivity index (χ2v) is 10.1. The smallest absolute Gasteiger partial charge is 0.410 e. The molecule has 1 aliphatic carbocycles. The molecule has 1 aliphatic heterocycles. The minimum atomic E-state index is -0.482. The number of Topliss-reactive ketones (excluding diaryl/α,β-unsaturated/α-hetero) is 1. The van der Waals surface area contributed by atoms with Crippen molar-refractivity contribution in [2.45, 2.75) is 45.6 Å². The molecule has 0 N–H and O–H groups in total. The third-order valence-corrected chi connectivity index (χ3v) is 6.23. The van der Waals surface area contributed by atoms with Crippen LogP contribution in [-0.2, 0) is 16.0 Å². The van der Waals surface area contributed by atoms with Crippen molar-refractivity contribution in [1.29, 1.82) is 0 Å². The Balaban J connectivity index is 1.27. The van der Waals surface area contributed by atoms with Crippen molar-refractivity contribution in [3.8, 4) is 11.3 Å². The first-order valence-corrected chi connectivity index (χ1v) is 12.0. The maximum atomic E-state index is 12.3. The summed E-state index contributed by atoms with van der Waals surface area (Å²) < 4.78 is 7.32. The highest BCUT2D eigenvalue weighted by Gasteiger charge is 2.30. The summed E-state index contributed by atoms with van der Waals surface area (Å²) in [5, 5.41) is 4.63. The standard InChI is InChI=1S/C26H31N5O3/c1-26(2,3)34-25(33)30-15-13-29(14-16-30)20-11-9-18(10-12-20)21-5-4-6-24-27-23(28-31(21)24)17-22(32)19-7-8-19/h4-6,9-12,19H,7-8,13-17H2,1-3H3. The Labute approximate surface area is 199 Å². The molecule has 0 radical (unpaired) electrons. The number of amides is 1. The van der Waals surface area contributed by atoms with Gasteiger partial charge in [-0.05, 0) is 57.9 Å². The minimum absolute atomic E-state index is 0.213. The van der Waals surface area contributed by atoms with Crippen LogP contribution in [0.15, 0.2) is 42.5 Å². The van der Waals surface area contributed by atoms with E-state index in [1.54, 1.807) is 4.90 Å². The van der Waals surface area contributed by atoms with Gasteiger partial charge in [0, 0.05) is 43.3 Å². The zero-order chi connectivity index (χ0) is 23.9. The molecule has 2 fully saturated rings. The fourth-order valence-corrected chi connectivity index (χ4v) is 4.27. The highest BCUT2D eigenvalue weighted by molar-refractivity contribution is 5.84. The van der Waals surface area contributed by atoms with E-state index in [9.17, 15) is 9.59 Å². The molecule has 2 aromatic heterocycles. The number of pyridine rings is 1. The number of hydrogen-bond donors (Lipinski definition) is 0. The van der Waals surface area contributed by atoms with Crippen molar-refractivity contribution < 1.29 is 14.3 Å². The van der Waals surface area contributed by atoms with Gasteiger partial charge in [-0.25, -0.2) is 14.3 Å². The zero-order valence-electron chi connectivity index (χ0n) is 20.0. The third kappa shape index (κ3) is 4.90. The molecule has 0 unspecified atom stereocenters. The molecule has 5 rings (SSSR count).